The molecule has 0 aliphatic heterocycles. The molecule has 0 fully saturated rings. The highest BCUT2D eigenvalue weighted by molar-refractivity contribution is 6.30. The molecule has 0 aliphatic carbocycles. The molecule has 3 aromatic rings. The Bertz CT molecular complexity index is 862. The number of nitrogens with zero attached hydrogens (tertiary/aromatic N) is 3. The fourth-order valence-electron chi connectivity index (χ4n) is 2.40. The van der Waals surface area contributed by atoms with Gasteiger partial charge in [0.1, 0.15) is 0 Å². The quantitative estimate of drug-likeness (QED) is 0.639. The highest BCUT2D eigenvalue weighted by atomic mass is 35.5. The summed E-state index contributed by atoms with van der Waals surface area (Å²) in [4.78, 5) is 4.46. The van der Waals surface area contributed by atoms with E-state index < -0.39 is 0 Å². The van der Waals surface area contributed by atoms with Crippen molar-refractivity contribution in [3.63, 3.8) is 0 Å². The van der Waals surface area contributed by atoms with Gasteiger partial charge in [-0.25, -0.2) is 0 Å². The first-order valence-corrected chi connectivity index (χ1v) is 8.49. The van der Waals surface area contributed by atoms with Gasteiger partial charge >= 0.3 is 0 Å². The Morgan fingerprint density at radius 1 is 1.00 bits per heavy atom. The van der Waals surface area contributed by atoms with Gasteiger partial charge in [-0.15, -0.1) is 5.10 Å². The minimum absolute atomic E-state index is 0.439. The number of benzene rings is 2. The molecule has 5 nitrogen and oxygen atoms in total. The maximum Gasteiger partial charge on any atom is 0.249 e. The van der Waals surface area contributed by atoms with Crippen molar-refractivity contribution in [2.24, 2.45) is 0 Å². The predicted octanol–water partition coefficient (Wildman–Crippen LogP) is 5.44. The summed E-state index contributed by atoms with van der Waals surface area (Å²) in [6.07, 6.45) is 1.58. The van der Waals surface area contributed by atoms with Crippen LogP contribution in [0.3, 0.4) is 0 Å². The number of hydrogen-bond acceptors (Lipinski definition) is 5. The van der Waals surface area contributed by atoms with Crippen molar-refractivity contribution in [3.05, 3.63) is 64.8 Å². The second-order valence-electron chi connectivity index (χ2n) is 6.15. The molecule has 128 valence electrons. The van der Waals surface area contributed by atoms with Crippen LogP contribution in [0.2, 0.25) is 5.02 Å². The largest absolute Gasteiger partial charge is 0.339 e. The molecule has 0 bridgehead atoms. The van der Waals surface area contributed by atoms with Crippen molar-refractivity contribution in [3.8, 4) is 0 Å². The summed E-state index contributed by atoms with van der Waals surface area (Å²) < 4.78 is 0. The van der Waals surface area contributed by atoms with Gasteiger partial charge in [0.15, 0.2) is 5.82 Å². The third-order valence-corrected chi connectivity index (χ3v) is 4.08. The Morgan fingerprint density at radius 2 is 1.76 bits per heavy atom. The molecule has 0 saturated carbocycles. The smallest absolute Gasteiger partial charge is 0.249 e. The lowest BCUT2D eigenvalue weighted by molar-refractivity contribution is 0.867. The standard InChI is InChI=1S/C19H20ClN5/c1-12(2)14-4-7-16(8-5-14)22-19-24-18(11-21-25-19)23-17-9-6-15(20)10-13(17)3/h4-12H,1-3H3,(H2,22,23,24,25). The summed E-state index contributed by atoms with van der Waals surface area (Å²) in [5.74, 6) is 1.55. The first kappa shape index (κ1) is 17.2. The van der Waals surface area contributed by atoms with Crippen LogP contribution in [-0.4, -0.2) is 15.2 Å². The molecule has 25 heavy (non-hydrogen) atoms. The lowest BCUT2D eigenvalue weighted by atomic mass is 10.0. The summed E-state index contributed by atoms with van der Waals surface area (Å²) in [7, 11) is 0. The molecule has 1 heterocycles. The molecule has 0 amide bonds. The molecule has 0 radical (unpaired) electrons. The van der Waals surface area contributed by atoms with Gasteiger partial charge in [-0.05, 0) is 54.3 Å². The average molecular weight is 354 g/mol. The number of aromatic nitrogens is 3. The predicted molar refractivity (Wildman–Crippen MR) is 103 cm³/mol. The van der Waals surface area contributed by atoms with Crippen LogP contribution in [0, 0.1) is 6.92 Å². The van der Waals surface area contributed by atoms with Crippen LogP contribution in [0.15, 0.2) is 48.7 Å². The zero-order valence-electron chi connectivity index (χ0n) is 14.4. The molecule has 2 N–H and O–H groups in total. The second kappa shape index (κ2) is 7.49. The van der Waals surface area contributed by atoms with Crippen LogP contribution in [0.4, 0.5) is 23.1 Å². The van der Waals surface area contributed by atoms with Crippen LogP contribution in [0.5, 0.6) is 0 Å². The van der Waals surface area contributed by atoms with E-state index in [9.17, 15) is 0 Å². The maximum atomic E-state index is 5.99. The summed E-state index contributed by atoms with van der Waals surface area (Å²) in [5, 5.41) is 15.2. The van der Waals surface area contributed by atoms with Crippen LogP contribution in [0.25, 0.3) is 0 Å². The normalized spacial score (nSPS) is 10.8. The molecule has 1 aromatic heterocycles. The fourth-order valence-corrected chi connectivity index (χ4v) is 2.63. The van der Waals surface area contributed by atoms with E-state index in [0.717, 1.165) is 16.9 Å². The molecular weight excluding hydrogens is 334 g/mol. The van der Waals surface area contributed by atoms with Crippen LogP contribution >= 0.6 is 11.6 Å². The minimum Gasteiger partial charge on any atom is -0.339 e. The Labute approximate surface area is 152 Å². The van der Waals surface area contributed by atoms with E-state index in [4.69, 9.17) is 11.6 Å². The first-order chi connectivity index (χ1) is 12.0. The Hall–Kier alpha value is -2.66. The number of rotatable bonds is 5. The van der Waals surface area contributed by atoms with Gasteiger partial charge in [0.05, 0.1) is 6.20 Å². The fraction of sp³-hybridized carbons (Fsp3) is 0.211. The van der Waals surface area contributed by atoms with Gasteiger partial charge in [-0.1, -0.05) is 37.6 Å². The lowest BCUT2D eigenvalue weighted by Gasteiger charge is -2.11. The second-order valence-corrected chi connectivity index (χ2v) is 6.59. The zero-order chi connectivity index (χ0) is 17.8. The maximum absolute atomic E-state index is 5.99. The van der Waals surface area contributed by atoms with Gasteiger partial charge in [0.2, 0.25) is 5.95 Å². The molecule has 0 atom stereocenters. The lowest BCUT2D eigenvalue weighted by Crippen LogP contribution is -2.03. The van der Waals surface area contributed by atoms with E-state index in [1.807, 2.05) is 37.3 Å². The molecule has 0 spiro atoms. The van der Waals surface area contributed by atoms with E-state index >= 15 is 0 Å². The van der Waals surface area contributed by atoms with E-state index in [-0.39, 0.29) is 0 Å². The summed E-state index contributed by atoms with van der Waals surface area (Å²) in [6.45, 7) is 6.32. The highest BCUT2D eigenvalue weighted by Gasteiger charge is 2.05. The van der Waals surface area contributed by atoms with Gasteiger partial charge in [-0.2, -0.15) is 10.1 Å². The number of anilines is 4. The van der Waals surface area contributed by atoms with E-state index in [2.05, 4.69) is 51.8 Å². The Morgan fingerprint density at radius 3 is 2.44 bits per heavy atom. The summed E-state index contributed by atoms with van der Waals surface area (Å²) in [5.41, 5.74) is 4.17. The van der Waals surface area contributed by atoms with Gasteiger partial charge in [0.25, 0.3) is 0 Å². The number of hydrogen-bond donors (Lipinski definition) is 2. The topological polar surface area (TPSA) is 62.7 Å². The Kier molecular flexibility index (Phi) is 5.14. The summed E-state index contributed by atoms with van der Waals surface area (Å²) >= 11 is 5.99. The van der Waals surface area contributed by atoms with Gasteiger partial charge < -0.3 is 10.6 Å². The number of nitrogens with one attached hydrogen (secondary N) is 2. The number of aryl methyl sites for hydroxylation is 1. The van der Waals surface area contributed by atoms with Crippen LogP contribution in [-0.2, 0) is 0 Å². The van der Waals surface area contributed by atoms with Gasteiger partial charge in [-0.3, -0.25) is 0 Å². The molecule has 6 heteroatoms. The molecule has 0 aliphatic rings. The third-order valence-electron chi connectivity index (χ3n) is 3.84. The number of halogens is 1. The first-order valence-electron chi connectivity index (χ1n) is 8.11. The van der Waals surface area contributed by atoms with Crippen molar-refractivity contribution in [1.29, 1.82) is 0 Å². The van der Waals surface area contributed by atoms with Crippen molar-refractivity contribution in [2.75, 3.05) is 10.6 Å². The van der Waals surface area contributed by atoms with Crippen LogP contribution < -0.4 is 10.6 Å². The minimum atomic E-state index is 0.439. The molecule has 3 rings (SSSR count). The molecular formula is C19H20ClN5. The van der Waals surface area contributed by atoms with Crippen molar-refractivity contribution >= 4 is 34.7 Å². The summed E-state index contributed by atoms with van der Waals surface area (Å²) in [6, 6.07) is 13.9. The molecule has 2 aromatic carbocycles. The highest BCUT2D eigenvalue weighted by Crippen LogP contribution is 2.23. The van der Waals surface area contributed by atoms with Gasteiger partial charge in [0, 0.05) is 16.4 Å². The van der Waals surface area contributed by atoms with Crippen molar-refractivity contribution in [2.45, 2.75) is 26.7 Å². The molecule has 0 unspecified atom stereocenters. The van der Waals surface area contributed by atoms with E-state index in [1.54, 1.807) is 6.20 Å². The van der Waals surface area contributed by atoms with E-state index in [1.165, 1.54) is 5.56 Å². The average Bonchev–Trinajstić information content (AvgIpc) is 2.58. The molecule has 0 saturated heterocycles. The van der Waals surface area contributed by atoms with Crippen molar-refractivity contribution < 1.29 is 0 Å². The SMILES string of the molecule is Cc1cc(Cl)ccc1Nc1cnnc(Nc2ccc(C(C)C)cc2)n1. The van der Waals surface area contributed by atoms with E-state index in [0.29, 0.717) is 22.7 Å². The van der Waals surface area contributed by atoms with Crippen molar-refractivity contribution in [1.82, 2.24) is 15.2 Å². The third kappa shape index (κ3) is 4.45. The Balaban J connectivity index is 1.75. The monoisotopic (exact) mass is 353 g/mol. The van der Waals surface area contributed by atoms with Crippen LogP contribution in [0.1, 0.15) is 30.9 Å². The zero-order valence-corrected chi connectivity index (χ0v) is 15.2.